The lowest BCUT2D eigenvalue weighted by Crippen LogP contribution is -2.19. The van der Waals surface area contributed by atoms with E-state index in [1.54, 1.807) is 12.1 Å². The molecule has 0 aliphatic heterocycles. The third kappa shape index (κ3) is 3.42. The van der Waals surface area contributed by atoms with Crippen LogP contribution >= 0.6 is 0 Å². The number of aryl methyl sites for hydroxylation is 1. The minimum atomic E-state index is -1.59. The molecule has 15 heavy (non-hydrogen) atoms. The minimum absolute atomic E-state index is 0.252. The van der Waals surface area contributed by atoms with Gasteiger partial charge in [-0.25, -0.2) is 9.59 Å². The Morgan fingerprint density at radius 3 is 2.33 bits per heavy atom. The zero-order valence-electron chi connectivity index (χ0n) is 8.40. The van der Waals surface area contributed by atoms with Crippen LogP contribution in [-0.4, -0.2) is 17.0 Å². The molecule has 1 N–H and O–H groups in total. The summed E-state index contributed by atoms with van der Waals surface area (Å²) in [4.78, 5) is 20.9. The van der Waals surface area contributed by atoms with Gasteiger partial charge in [-0.3, -0.25) is 0 Å². The van der Waals surface area contributed by atoms with E-state index in [2.05, 4.69) is 11.7 Å². The Labute approximate surface area is 87.5 Å². The summed E-state index contributed by atoms with van der Waals surface area (Å²) >= 11 is 0. The van der Waals surface area contributed by atoms with Crippen LogP contribution in [0, 0.1) is 0 Å². The van der Waals surface area contributed by atoms with Gasteiger partial charge in [0.05, 0.1) is 0 Å². The highest BCUT2D eigenvalue weighted by molar-refractivity contribution is 6.29. The fraction of sp³-hybridized carbons (Fsp3) is 0.273. The number of aliphatic carboxylic acids is 1. The second kappa shape index (κ2) is 5.14. The molecule has 0 aromatic heterocycles. The first-order valence-electron chi connectivity index (χ1n) is 4.67. The number of carbonyl (C=O) groups excluding carboxylic acids is 1. The van der Waals surface area contributed by atoms with E-state index < -0.39 is 11.9 Å². The van der Waals surface area contributed by atoms with Crippen LogP contribution in [0.25, 0.3) is 0 Å². The lowest BCUT2D eigenvalue weighted by molar-refractivity contribution is -0.158. The maximum Gasteiger partial charge on any atom is 0.422 e. The Morgan fingerprint density at radius 1 is 1.27 bits per heavy atom. The minimum Gasteiger partial charge on any atom is -0.473 e. The normalized spacial score (nSPS) is 9.67. The van der Waals surface area contributed by atoms with Gasteiger partial charge in [0.25, 0.3) is 0 Å². The van der Waals surface area contributed by atoms with Gasteiger partial charge in [0.15, 0.2) is 0 Å². The largest absolute Gasteiger partial charge is 0.473 e. The van der Waals surface area contributed by atoms with Gasteiger partial charge < -0.3 is 9.84 Å². The standard InChI is InChI=1S/C11H12O4/c1-2-3-8-4-6-9(7-5-8)15-11(14)10(12)13/h4-7H,2-3H2,1H3,(H,12,13). The van der Waals surface area contributed by atoms with Crippen molar-refractivity contribution in [3.8, 4) is 5.75 Å². The van der Waals surface area contributed by atoms with Crippen LogP contribution < -0.4 is 4.74 Å². The quantitative estimate of drug-likeness (QED) is 0.466. The summed E-state index contributed by atoms with van der Waals surface area (Å²) in [6.45, 7) is 2.07. The summed E-state index contributed by atoms with van der Waals surface area (Å²) in [6, 6.07) is 6.81. The van der Waals surface area contributed by atoms with Gasteiger partial charge in [-0.15, -0.1) is 0 Å². The van der Waals surface area contributed by atoms with Crippen molar-refractivity contribution in [3.63, 3.8) is 0 Å². The van der Waals surface area contributed by atoms with E-state index in [4.69, 9.17) is 5.11 Å². The van der Waals surface area contributed by atoms with E-state index >= 15 is 0 Å². The zero-order valence-corrected chi connectivity index (χ0v) is 8.40. The van der Waals surface area contributed by atoms with Gasteiger partial charge in [-0.05, 0) is 24.1 Å². The highest BCUT2D eigenvalue weighted by Crippen LogP contribution is 2.13. The van der Waals surface area contributed by atoms with Crippen molar-refractivity contribution in [3.05, 3.63) is 29.8 Å². The smallest absolute Gasteiger partial charge is 0.422 e. The molecule has 0 aliphatic rings. The Balaban J connectivity index is 2.64. The molecule has 4 nitrogen and oxygen atoms in total. The summed E-state index contributed by atoms with van der Waals surface area (Å²) in [5.74, 6) is -2.60. The molecule has 0 bridgehead atoms. The molecule has 0 heterocycles. The third-order valence-corrected chi connectivity index (χ3v) is 1.85. The first kappa shape index (κ1) is 11.2. The molecule has 0 radical (unpaired) electrons. The van der Waals surface area contributed by atoms with Crippen molar-refractivity contribution < 1.29 is 19.4 Å². The van der Waals surface area contributed by atoms with Gasteiger partial charge in [0.2, 0.25) is 0 Å². The number of benzene rings is 1. The molecule has 0 unspecified atom stereocenters. The number of carboxylic acids is 1. The van der Waals surface area contributed by atoms with Crippen molar-refractivity contribution in [2.45, 2.75) is 19.8 Å². The lowest BCUT2D eigenvalue weighted by atomic mass is 10.1. The van der Waals surface area contributed by atoms with Crippen molar-refractivity contribution in [1.29, 1.82) is 0 Å². The highest BCUT2D eigenvalue weighted by atomic mass is 16.6. The van der Waals surface area contributed by atoms with Crippen LogP contribution in [0.4, 0.5) is 0 Å². The lowest BCUT2D eigenvalue weighted by Gasteiger charge is -2.02. The molecular formula is C11H12O4. The number of hydrogen-bond acceptors (Lipinski definition) is 3. The molecule has 0 saturated heterocycles. The third-order valence-electron chi connectivity index (χ3n) is 1.85. The topological polar surface area (TPSA) is 63.6 Å². The molecule has 1 rings (SSSR count). The second-order valence-electron chi connectivity index (χ2n) is 3.09. The van der Waals surface area contributed by atoms with Crippen LogP contribution in [0.3, 0.4) is 0 Å². The van der Waals surface area contributed by atoms with Crippen molar-refractivity contribution in [2.24, 2.45) is 0 Å². The molecule has 4 heteroatoms. The van der Waals surface area contributed by atoms with Gasteiger partial charge >= 0.3 is 11.9 Å². The van der Waals surface area contributed by atoms with Crippen LogP contribution in [0.5, 0.6) is 5.75 Å². The summed E-state index contributed by atoms with van der Waals surface area (Å²) < 4.78 is 4.57. The van der Waals surface area contributed by atoms with Crippen LogP contribution in [-0.2, 0) is 16.0 Å². The van der Waals surface area contributed by atoms with Gasteiger partial charge in [-0.1, -0.05) is 25.5 Å². The number of ether oxygens (including phenoxy) is 1. The average molecular weight is 208 g/mol. The van der Waals surface area contributed by atoms with Crippen LogP contribution in [0.2, 0.25) is 0 Å². The Hall–Kier alpha value is -1.84. The molecule has 80 valence electrons. The first-order valence-corrected chi connectivity index (χ1v) is 4.67. The first-order chi connectivity index (χ1) is 7.13. The average Bonchev–Trinajstić information content (AvgIpc) is 2.21. The molecular weight excluding hydrogens is 196 g/mol. The predicted octanol–water partition coefficient (Wildman–Crippen LogP) is 1.63. The Kier molecular flexibility index (Phi) is 3.85. The van der Waals surface area contributed by atoms with E-state index in [9.17, 15) is 9.59 Å². The Bertz CT molecular complexity index is 353. The zero-order chi connectivity index (χ0) is 11.3. The summed E-state index contributed by atoms with van der Waals surface area (Å²) in [7, 11) is 0. The number of carboxylic acid groups (broad SMARTS) is 1. The highest BCUT2D eigenvalue weighted by Gasteiger charge is 2.13. The van der Waals surface area contributed by atoms with E-state index in [0.29, 0.717) is 0 Å². The molecule has 0 spiro atoms. The molecule has 1 aromatic rings. The maximum absolute atomic E-state index is 10.7. The van der Waals surface area contributed by atoms with Crippen molar-refractivity contribution in [2.75, 3.05) is 0 Å². The van der Waals surface area contributed by atoms with Gasteiger partial charge in [0.1, 0.15) is 5.75 Å². The Morgan fingerprint density at radius 2 is 1.87 bits per heavy atom. The van der Waals surface area contributed by atoms with Gasteiger partial charge in [-0.2, -0.15) is 0 Å². The van der Waals surface area contributed by atoms with E-state index in [1.807, 2.05) is 12.1 Å². The number of rotatable bonds is 3. The monoisotopic (exact) mass is 208 g/mol. The summed E-state index contributed by atoms with van der Waals surface area (Å²) in [5, 5.41) is 8.31. The second-order valence-corrected chi connectivity index (χ2v) is 3.09. The maximum atomic E-state index is 10.7. The molecule has 0 atom stereocenters. The predicted molar refractivity (Wildman–Crippen MR) is 53.7 cm³/mol. The van der Waals surface area contributed by atoms with Crippen LogP contribution in [0.1, 0.15) is 18.9 Å². The SMILES string of the molecule is CCCc1ccc(OC(=O)C(=O)O)cc1. The molecule has 0 amide bonds. The van der Waals surface area contributed by atoms with E-state index in [0.717, 1.165) is 18.4 Å². The molecule has 0 fully saturated rings. The van der Waals surface area contributed by atoms with E-state index in [-0.39, 0.29) is 5.75 Å². The molecule has 1 aromatic carbocycles. The molecule has 0 aliphatic carbocycles. The van der Waals surface area contributed by atoms with Crippen molar-refractivity contribution >= 4 is 11.9 Å². The molecule has 0 saturated carbocycles. The van der Waals surface area contributed by atoms with E-state index in [1.165, 1.54) is 0 Å². The van der Waals surface area contributed by atoms with Crippen molar-refractivity contribution in [1.82, 2.24) is 0 Å². The fourth-order valence-corrected chi connectivity index (χ4v) is 1.16. The summed E-state index contributed by atoms with van der Waals surface area (Å²) in [6.07, 6.45) is 1.99. The van der Waals surface area contributed by atoms with Crippen LogP contribution in [0.15, 0.2) is 24.3 Å². The number of esters is 1. The number of hydrogen-bond donors (Lipinski definition) is 1. The summed E-state index contributed by atoms with van der Waals surface area (Å²) in [5.41, 5.74) is 1.13. The number of carbonyl (C=O) groups is 2. The fourth-order valence-electron chi connectivity index (χ4n) is 1.16. The van der Waals surface area contributed by atoms with Gasteiger partial charge in [0, 0.05) is 0 Å².